The van der Waals surface area contributed by atoms with Gasteiger partial charge in [-0.1, -0.05) is 88.3 Å². The lowest BCUT2D eigenvalue weighted by Gasteiger charge is -2.29. The van der Waals surface area contributed by atoms with E-state index in [0.717, 1.165) is 22.6 Å². The minimum atomic E-state index is -2.51. The van der Waals surface area contributed by atoms with Gasteiger partial charge in [0.2, 0.25) is 5.12 Å². The van der Waals surface area contributed by atoms with Crippen molar-refractivity contribution < 1.29 is 13.6 Å². The smallest absolute Gasteiger partial charge is 0.263 e. The highest BCUT2D eigenvalue weighted by Gasteiger charge is 2.22. The second-order valence-electron chi connectivity index (χ2n) is 9.16. The Kier molecular flexibility index (Phi) is 10.2. The van der Waals surface area contributed by atoms with Crippen molar-refractivity contribution in [2.24, 2.45) is 5.92 Å². The van der Waals surface area contributed by atoms with Crippen molar-refractivity contribution in [3.05, 3.63) is 65.2 Å². The molecule has 3 rings (SSSR count). The SMILES string of the molecule is CCCCCCCCC1CCC(c2ccc(SC(=O)c3ccc(C(F)F)cc3)cc2)CC1. The average molecular weight is 459 g/mol. The largest absolute Gasteiger partial charge is 0.281 e. The molecule has 0 aromatic heterocycles. The fourth-order valence-electron chi connectivity index (χ4n) is 4.74. The van der Waals surface area contributed by atoms with Gasteiger partial charge in [0.15, 0.2) is 0 Å². The molecule has 0 bridgehead atoms. The minimum absolute atomic E-state index is 0.0578. The maximum absolute atomic E-state index is 12.7. The van der Waals surface area contributed by atoms with Crippen LogP contribution >= 0.6 is 11.8 Å². The number of thioether (sulfide) groups is 1. The molecule has 1 aliphatic rings. The van der Waals surface area contributed by atoms with Crippen LogP contribution in [0.4, 0.5) is 8.78 Å². The summed E-state index contributed by atoms with van der Waals surface area (Å²) in [5.41, 5.74) is 1.77. The summed E-state index contributed by atoms with van der Waals surface area (Å²) in [5, 5.41) is -0.117. The minimum Gasteiger partial charge on any atom is -0.281 e. The van der Waals surface area contributed by atoms with Gasteiger partial charge >= 0.3 is 0 Å². The number of rotatable bonds is 11. The molecule has 2 aromatic carbocycles. The number of benzene rings is 2. The summed E-state index contributed by atoms with van der Waals surface area (Å²) in [4.78, 5) is 13.3. The zero-order chi connectivity index (χ0) is 22.8. The quantitative estimate of drug-likeness (QED) is 0.246. The Bertz CT molecular complexity index is 808. The predicted octanol–water partition coefficient (Wildman–Crippen LogP) is 9.58. The highest BCUT2D eigenvalue weighted by Crippen LogP contribution is 2.38. The lowest BCUT2D eigenvalue weighted by molar-refractivity contribution is 0.108. The Morgan fingerprint density at radius 3 is 2.12 bits per heavy atom. The third-order valence-corrected chi connectivity index (χ3v) is 7.70. The summed E-state index contributed by atoms with van der Waals surface area (Å²) in [6.07, 6.45) is 12.4. The molecule has 1 aliphatic carbocycles. The van der Waals surface area contributed by atoms with Crippen LogP contribution in [-0.2, 0) is 0 Å². The summed E-state index contributed by atoms with van der Waals surface area (Å²) in [6, 6.07) is 14.0. The van der Waals surface area contributed by atoms with Gasteiger partial charge in [-0.05, 0) is 67.0 Å². The molecule has 0 saturated heterocycles. The molecule has 0 atom stereocenters. The van der Waals surface area contributed by atoms with Crippen molar-refractivity contribution in [2.75, 3.05) is 0 Å². The second kappa shape index (κ2) is 13.1. The Hall–Kier alpha value is -1.68. The van der Waals surface area contributed by atoms with E-state index in [-0.39, 0.29) is 10.7 Å². The number of halogens is 2. The molecule has 0 amide bonds. The van der Waals surface area contributed by atoms with Crippen molar-refractivity contribution in [1.29, 1.82) is 0 Å². The highest BCUT2D eigenvalue weighted by atomic mass is 32.2. The van der Waals surface area contributed by atoms with E-state index in [1.54, 1.807) is 0 Å². The first-order valence-corrected chi connectivity index (χ1v) is 13.1. The van der Waals surface area contributed by atoms with Crippen LogP contribution in [0.2, 0.25) is 0 Å². The molecule has 1 nitrogen and oxygen atoms in total. The Morgan fingerprint density at radius 2 is 1.50 bits per heavy atom. The normalized spacial score (nSPS) is 18.8. The molecule has 1 saturated carbocycles. The van der Waals surface area contributed by atoms with Crippen LogP contribution in [0.3, 0.4) is 0 Å². The Morgan fingerprint density at radius 1 is 0.875 bits per heavy atom. The van der Waals surface area contributed by atoms with E-state index < -0.39 is 6.43 Å². The van der Waals surface area contributed by atoms with Crippen molar-refractivity contribution >= 4 is 16.9 Å². The predicted molar refractivity (Wildman–Crippen MR) is 131 cm³/mol. The molecule has 1 fully saturated rings. The number of carbonyl (C=O) groups is 1. The molecule has 0 spiro atoms. The third kappa shape index (κ3) is 7.72. The van der Waals surface area contributed by atoms with E-state index in [4.69, 9.17) is 0 Å². The monoisotopic (exact) mass is 458 g/mol. The van der Waals surface area contributed by atoms with Crippen LogP contribution in [0.5, 0.6) is 0 Å². The van der Waals surface area contributed by atoms with Gasteiger partial charge in [-0.15, -0.1) is 0 Å². The summed E-state index contributed by atoms with van der Waals surface area (Å²) >= 11 is 1.16. The van der Waals surface area contributed by atoms with Crippen molar-refractivity contribution in [3.8, 4) is 0 Å². The van der Waals surface area contributed by atoms with E-state index >= 15 is 0 Å². The number of unbranched alkanes of at least 4 members (excludes halogenated alkanes) is 5. The van der Waals surface area contributed by atoms with Crippen LogP contribution in [0.15, 0.2) is 53.4 Å². The van der Waals surface area contributed by atoms with E-state index in [1.807, 2.05) is 12.1 Å². The Labute approximate surface area is 196 Å². The zero-order valence-electron chi connectivity index (χ0n) is 19.2. The molecule has 4 heteroatoms. The second-order valence-corrected chi connectivity index (χ2v) is 10.2. The van der Waals surface area contributed by atoms with Gasteiger partial charge in [-0.3, -0.25) is 4.79 Å². The number of hydrogen-bond acceptors (Lipinski definition) is 2. The number of hydrogen-bond donors (Lipinski definition) is 0. The van der Waals surface area contributed by atoms with E-state index in [0.29, 0.717) is 11.5 Å². The highest BCUT2D eigenvalue weighted by molar-refractivity contribution is 8.14. The van der Waals surface area contributed by atoms with Gasteiger partial charge in [0, 0.05) is 16.0 Å². The topological polar surface area (TPSA) is 17.1 Å². The summed E-state index contributed by atoms with van der Waals surface area (Å²) in [6.45, 7) is 2.27. The fraction of sp³-hybridized carbons (Fsp3) is 0.536. The van der Waals surface area contributed by atoms with E-state index in [1.165, 1.54) is 100 Å². The fourth-order valence-corrected chi connectivity index (χ4v) is 5.48. The van der Waals surface area contributed by atoms with Crippen molar-refractivity contribution in [1.82, 2.24) is 0 Å². The van der Waals surface area contributed by atoms with Crippen LogP contribution in [0, 0.1) is 5.92 Å². The van der Waals surface area contributed by atoms with Crippen LogP contribution < -0.4 is 0 Å². The van der Waals surface area contributed by atoms with E-state index in [9.17, 15) is 13.6 Å². The standard InChI is InChI=1S/C28H36F2OS/c1-2-3-4-5-6-7-8-21-9-11-22(12-10-21)23-17-19-26(20-18-23)32-28(31)25-15-13-24(14-16-25)27(29)30/h13-22,27H,2-12H2,1H3. The summed E-state index contributed by atoms with van der Waals surface area (Å²) in [7, 11) is 0. The summed E-state index contributed by atoms with van der Waals surface area (Å²) < 4.78 is 25.4. The molecule has 32 heavy (non-hydrogen) atoms. The summed E-state index contributed by atoms with van der Waals surface area (Å²) in [5.74, 6) is 1.54. The van der Waals surface area contributed by atoms with Crippen LogP contribution in [0.25, 0.3) is 0 Å². The zero-order valence-corrected chi connectivity index (χ0v) is 20.0. The molecular formula is C28H36F2OS. The molecule has 0 N–H and O–H groups in total. The molecule has 0 aliphatic heterocycles. The van der Waals surface area contributed by atoms with Crippen molar-refractivity contribution in [3.63, 3.8) is 0 Å². The molecule has 0 heterocycles. The van der Waals surface area contributed by atoms with E-state index in [2.05, 4.69) is 19.1 Å². The van der Waals surface area contributed by atoms with Gasteiger partial charge < -0.3 is 0 Å². The first-order valence-electron chi connectivity index (χ1n) is 12.3. The lowest BCUT2D eigenvalue weighted by Crippen LogP contribution is -2.13. The average Bonchev–Trinajstić information content (AvgIpc) is 2.82. The van der Waals surface area contributed by atoms with Gasteiger partial charge in [0.1, 0.15) is 0 Å². The molecule has 0 unspecified atom stereocenters. The third-order valence-electron chi connectivity index (χ3n) is 6.77. The van der Waals surface area contributed by atoms with Gasteiger partial charge in [0.25, 0.3) is 6.43 Å². The first kappa shape index (κ1) is 25.0. The molecule has 2 aromatic rings. The van der Waals surface area contributed by atoms with Gasteiger partial charge in [-0.25, -0.2) is 8.78 Å². The molecular weight excluding hydrogens is 422 g/mol. The van der Waals surface area contributed by atoms with Crippen LogP contribution in [0.1, 0.15) is 111 Å². The first-order chi connectivity index (χ1) is 15.6. The maximum Gasteiger partial charge on any atom is 0.263 e. The number of alkyl halides is 2. The Balaban J connectivity index is 1.41. The van der Waals surface area contributed by atoms with Crippen molar-refractivity contribution in [2.45, 2.75) is 94.8 Å². The van der Waals surface area contributed by atoms with Gasteiger partial charge in [-0.2, -0.15) is 0 Å². The molecule has 0 radical (unpaired) electrons. The molecule has 174 valence electrons. The van der Waals surface area contributed by atoms with Gasteiger partial charge in [0.05, 0.1) is 0 Å². The maximum atomic E-state index is 12.7. The van der Waals surface area contributed by atoms with Crippen LogP contribution in [-0.4, -0.2) is 5.12 Å². The lowest BCUT2D eigenvalue weighted by atomic mass is 9.77. The number of carbonyl (C=O) groups excluding carboxylic acids is 1.